The van der Waals surface area contributed by atoms with Crippen molar-refractivity contribution in [3.05, 3.63) is 33.8 Å². The Morgan fingerprint density at radius 3 is 2.40 bits per heavy atom. The van der Waals surface area contributed by atoms with Crippen molar-refractivity contribution >= 4 is 35.0 Å². The van der Waals surface area contributed by atoms with E-state index in [2.05, 4.69) is 18.5 Å². The van der Waals surface area contributed by atoms with Crippen LogP contribution in [-0.2, 0) is 0 Å². The Balaban J connectivity index is 2.60. The van der Waals surface area contributed by atoms with E-state index in [-0.39, 0.29) is 6.04 Å². The summed E-state index contributed by atoms with van der Waals surface area (Å²) in [6.45, 7) is 3.11. The third-order valence-electron chi connectivity index (χ3n) is 2.14. The van der Waals surface area contributed by atoms with Crippen molar-refractivity contribution in [1.29, 1.82) is 0 Å². The van der Waals surface area contributed by atoms with Gasteiger partial charge in [0.05, 0.1) is 0 Å². The van der Waals surface area contributed by atoms with Crippen molar-refractivity contribution in [1.82, 2.24) is 5.32 Å². The van der Waals surface area contributed by atoms with E-state index in [9.17, 15) is 0 Å². The van der Waals surface area contributed by atoms with E-state index in [1.807, 2.05) is 23.9 Å². The second-order valence-corrected chi connectivity index (χ2v) is 5.23. The molecule has 1 unspecified atom stereocenters. The Bertz CT molecular complexity index is 297. The highest BCUT2D eigenvalue weighted by molar-refractivity contribution is 7.98. The molecule has 0 radical (unpaired) electrons. The molecule has 0 fully saturated rings. The molecule has 0 heterocycles. The summed E-state index contributed by atoms with van der Waals surface area (Å²) in [7, 11) is 0. The summed E-state index contributed by atoms with van der Waals surface area (Å²) < 4.78 is 0. The Morgan fingerprint density at radius 2 is 1.87 bits per heavy atom. The summed E-state index contributed by atoms with van der Waals surface area (Å²) in [6, 6.07) is 5.93. The van der Waals surface area contributed by atoms with E-state index >= 15 is 0 Å². The second kappa shape index (κ2) is 6.64. The molecule has 1 aromatic rings. The van der Waals surface area contributed by atoms with Gasteiger partial charge in [0.15, 0.2) is 0 Å². The number of thioether (sulfide) groups is 1. The van der Waals surface area contributed by atoms with Gasteiger partial charge in [0.25, 0.3) is 0 Å². The predicted molar refractivity (Wildman–Crippen MR) is 71.3 cm³/mol. The normalized spacial score (nSPS) is 12.8. The van der Waals surface area contributed by atoms with E-state index in [1.54, 1.807) is 6.07 Å². The van der Waals surface area contributed by atoms with Gasteiger partial charge in [-0.3, -0.25) is 0 Å². The van der Waals surface area contributed by atoms with Gasteiger partial charge < -0.3 is 5.32 Å². The Morgan fingerprint density at radius 1 is 1.27 bits per heavy atom. The first-order valence-electron chi connectivity index (χ1n) is 4.82. The first-order chi connectivity index (χ1) is 7.13. The molecular weight excluding hydrogens is 249 g/mol. The van der Waals surface area contributed by atoms with Gasteiger partial charge in [-0.25, -0.2) is 0 Å². The topological polar surface area (TPSA) is 12.0 Å². The Kier molecular flexibility index (Phi) is 5.83. The van der Waals surface area contributed by atoms with Crippen LogP contribution in [0.15, 0.2) is 18.2 Å². The molecule has 1 N–H and O–H groups in total. The number of hydrogen-bond acceptors (Lipinski definition) is 2. The van der Waals surface area contributed by atoms with Crippen molar-refractivity contribution in [2.45, 2.75) is 13.0 Å². The van der Waals surface area contributed by atoms with Crippen molar-refractivity contribution in [3.63, 3.8) is 0 Å². The molecule has 0 aliphatic rings. The first kappa shape index (κ1) is 13.2. The molecule has 0 bridgehead atoms. The lowest BCUT2D eigenvalue weighted by Gasteiger charge is -2.14. The number of halogens is 2. The van der Waals surface area contributed by atoms with Crippen molar-refractivity contribution < 1.29 is 0 Å². The monoisotopic (exact) mass is 263 g/mol. The zero-order valence-corrected chi connectivity index (χ0v) is 11.2. The van der Waals surface area contributed by atoms with Gasteiger partial charge in [0, 0.05) is 28.4 Å². The molecule has 1 nitrogen and oxygen atoms in total. The summed E-state index contributed by atoms with van der Waals surface area (Å²) in [5.74, 6) is 1.11. The quantitative estimate of drug-likeness (QED) is 0.806. The first-order valence-corrected chi connectivity index (χ1v) is 6.96. The minimum absolute atomic E-state index is 0.286. The molecule has 0 aliphatic heterocycles. The number of rotatable bonds is 5. The van der Waals surface area contributed by atoms with Gasteiger partial charge in [-0.2, -0.15) is 11.8 Å². The van der Waals surface area contributed by atoms with E-state index in [0.29, 0.717) is 10.0 Å². The fourth-order valence-electron chi connectivity index (χ4n) is 1.32. The molecule has 1 atom stereocenters. The summed E-state index contributed by atoms with van der Waals surface area (Å²) in [6.07, 6.45) is 2.10. The maximum atomic E-state index is 5.94. The minimum Gasteiger partial charge on any atom is -0.309 e. The van der Waals surface area contributed by atoms with E-state index < -0.39 is 0 Å². The molecule has 84 valence electrons. The maximum Gasteiger partial charge on any atom is 0.0424 e. The van der Waals surface area contributed by atoms with Crippen LogP contribution in [0, 0.1) is 0 Å². The average Bonchev–Trinajstić information content (AvgIpc) is 2.16. The van der Waals surface area contributed by atoms with Gasteiger partial charge >= 0.3 is 0 Å². The number of hydrogen-bond donors (Lipinski definition) is 1. The number of benzene rings is 1. The van der Waals surface area contributed by atoms with Crippen LogP contribution in [-0.4, -0.2) is 18.6 Å². The highest BCUT2D eigenvalue weighted by atomic mass is 35.5. The third kappa shape index (κ3) is 4.64. The third-order valence-corrected chi connectivity index (χ3v) is 3.19. The van der Waals surface area contributed by atoms with Gasteiger partial charge in [-0.1, -0.05) is 23.2 Å². The lowest BCUT2D eigenvalue weighted by atomic mass is 10.1. The van der Waals surface area contributed by atoms with E-state index in [1.165, 1.54) is 0 Å². The Labute approximate surface area is 106 Å². The van der Waals surface area contributed by atoms with Crippen LogP contribution in [0.4, 0.5) is 0 Å². The van der Waals surface area contributed by atoms with Crippen LogP contribution in [0.2, 0.25) is 10.0 Å². The summed E-state index contributed by atoms with van der Waals surface area (Å²) in [5, 5.41) is 4.80. The average molecular weight is 264 g/mol. The van der Waals surface area contributed by atoms with Gasteiger partial charge in [-0.05, 0) is 36.9 Å². The summed E-state index contributed by atoms with van der Waals surface area (Å²) in [5.41, 5.74) is 1.13. The van der Waals surface area contributed by atoms with E-state index in [4.69, 9.17) is 23.2 Å². The zero-order chi connectivity index (χ0) is 11.3. The lowest BCUT2D eigenvalue weighted by Crippen LogP contribution is -2.21. The smallest absolute Gasteiger partial charge is 0.0424 e. The fraction of sp³-hybridized carbons (Fsp3) is 0.455. The predicted octanol–water partition coefficient (Wildman–Crippen LogP) is 4.01. The maximum absolute atomic E-state index is 5.94. The molecule has 1 aromatic carbocycles. The second-order valence-electron chi connectivity index (χ2n) is 3.37. The van der Waals surface area contributed by atoms with Crippen LogP contribution in [0.1, 0.15) is 18.5 Å². The molecule has 1 rings (SSSR count). The summed E-state index contributed by atoms with van der Waals surface area (Å²) >= 11 is 13.7. The molecule has 0 amide bonds. The van der Waals surface area contributed by atoms with Crippen molar-refractivity contribution in [2.75, 3.05) is 18.6 Å². The van der Waals surface area contributed by atoms with Crippen LogP contribution in [0.3, 0.4) is 0 Å². The van der Waals surface area contributed by atoms with Crippen LogP contribution in [0.5, 0.6) is 0 Å². The fourth-order valence-corrected chi connectivity index (χ4v) is 2.19. The Hall–Kier alpha value is 0.110. The molecule has 0 saturated heterocycles. The largest absolute Gasteiger partial charge is 0.309 e. The van der Waals surface area contributed by atoms with Gasteiger partial charge in [-0.15, -0.1) is 0 Å². The van der Waals surface area contributed by atoms with E-state index in [0.717, 1.165) is 17.9 Å². The molecule has 0 spiro atoms. The van der Waals surface area contributed by atoms with Crippen molar-refractivity contribution in [3.8, 4) is 0 Å². The zero-order valence-electron chi connectivity index (χ0n) is 8.89. The molecule has 0 aromatic heterocycles. The van der Waals surface area contributed by atoms with Crippen LogP contribution >= 0.6 is 35.0 Å². The number of nitrogens with one attached hydrogen (secondary N) is 1. The van der Waals surface area contributed by atoms with Crippen LogP contribution < -0.4 is 5.32 Å². The van der Waals surface area contributed by atoms with Crippen molar-refractivity contribution in [2.24, 2.45) is 0 Å². The highest BCUT2D eigenvalue weighted by Gasteiger charge is 2.06. The standard InChI is InChI=1S/C11H15Cl2NS/c1-8(14-3-4-15-2)9-5-10(12)7-11(13)6-9/h5-8,14H,3-4H2,1-2H3. The highest BCUT2D eigenvalue weighted by Crippen LogP contribution is 2.23. The van der Waals surface area contributed by atoms with Gasteiger partial charge in [0.1, 0.15) is 0 Å². The lowest BCUT2D eigenvalue weighted by molar-refractivity contribution is 0.601. The van der Waals surface area contributed by atoms with Gasteiger partial charge in [0.2, 0.25) is 0 Å². The SMILES string of the molecule is CSCCNC(C)c1cc(Cl)cc(Cl)c1. The molecular formula is C11H15Cl2NS. The van der Waals surface area contributed by atoms with Crippen LogP contribution in [0.25, 0.3) is 0 Å². The molecule has 0 saturated carbocycles. The summed E-state index contributed by atoms with van der Waals surface area (Å²) in [4.78, 5) is 0. The minimum atomic E-state index is 0.286. The molecule has 4 heteroatoms. The molecule has 15 heavy (non-hydrogen) atoms. The molecule has 0 aliphatic carbocycles.